The van der Waals surface area contributed by atoms with E-state index in [1.807, 2.05) is 57.2 Å². The molecule has 0 spiro atoms. The van der Waals surface area contributed by atoms with E-state index in [0.29, 0.717) is 0 Å². The van der Waals surface area contributed by atoms with Gasteiger partial charge in [0.2, 0.25) is 0 Å². The predicted molar refractivity (Wildman–Crippen MR) is 76.6 cm³/mol. The molecule has 0 aliphatic carbocycles. The highest BCUT2D eigenvalue weighted by molar-refractivity contribution is 6.30. The number of hydrogen-bond donors (Lipinski definition) is 0. The molecule has 1 aromatic carbocycles. The largest absolute Gasteiger partial charge is 0.254 e. The molecule has 0 atom stereocenters. The zero-order valence-electron chi connectivity index (χ0n) is 10.7. The molecule has 92 valence electrons. The van der Waals surface area contributed by atoms with Gasteiger partial charge in [-0.2, -0.15) is 0 Å². The van der Waals surface area contributed by atoms with Crippen LogP contribution < -0.4 is 0 Å². The van der Waals surface area contributed by atoms with Crippen LogP contribution in [0.25, 0.3) is 12.2 Å². The Balaban J connectivity index is 2.28. The van der Waals surface area contributed by atoms with E-state index in [4.69, 9.17) is 11.6 Å². The third-order valence-electron chi connectivity index (χ3n) is 2.82. The minimum atomic E-state index is 0.745. The molecule has 0 radical (unpaired) electrons. The summed E-state index contributed by atoms with van der Waals surface area (Å²) in [7, 11) is 0. The molecule has 1 aromatic heterocycles. The maximum absolute atomic E-state index is 5.85. The van der Waals surface area contributed by atoms with E-state index < -0.39 is 0 Å². The Morgan fingerprint density at radius 3 is 2.11 bits per heavy atom. The first-order valence-corrected chi connectivity index (χ1v) is 6.19. The number of rotatable bonds is 2. The van der Waals surface area contributed by atoms with E-state index in [-0.39, 0.29) is 0 Å². The molecule has 18 heavy (non-hydrogen) atoms. The lowest BCUT2D eigenvalue weighted by atomic mass is 10.2. The van der Waals surface area contributed by atoms with Crippen molar-refractivity contribution < 1.29 is 0 Å². The van der Waals surface area contributed by atoms with Crippen molar-refractivity contribution in [3.63, 3.8) is 0 Å². The number of hydrogen-bond acceptors (Lipinski definition) is 2. The summed E-state index contributed by atoms with van der Waals surface area (Å²) in [5, 5.41) is 0.745. The van der Waals surface area contributed by atoms with Crippen LogP contribution in [0, 0.1) is 20.8 Å². The number of halogens is 1. The van der Waals surface area contributed by atoms with Gasteiger partial charge in [0.05, 0.1) is 22.8 Å². The van der Waals surface area contributed by atoms with E-state index >= 15 is 0 Å². The number of aromatic nitrogens is 2. The summed E-state index contributed by atoms with van der Waals surface area (Å²) in [6.45, 7) is 5.92. The molecule has 0 aliphatic rings. The average Bonchev–Trinajstić information content (AvgIpc) is 2.34. The molecular formula is C15H15ClN2. The van der Waals surface area contributed by atoms with Crippen LogP contribution in [0.4, 0.5) is 0 Å². The molecule has 2 rings (SSSR count). The van der Waals surface area contributed by atoms with E-state index in [1.165, 1.54) is 0 Å². The molecule has 0 unspecified atom stereocenters. The number of aryl methyl sites for hydroxylation is 3. The van der Waals surface area contributed by atoms with Crippen molar-refractivity contribution in [2.75, 3.05) is 0 Å². The van der Waals surface area contributed by atoms with Crippen molar-refractivity contribution in [2.45, 2.75) is 20.8 Å². The van der Waals surface area contributed by atoms with Gasteiger partial charge in [-0.25, -0.2) is 4.98 Å². The first-order valence-electron chi connectivity index (χ1n) is 5.82. The smallest absolute Gasteiger partial charge is 0.0845 e. The standard InChI is InChI=1S/C15H15ClN2/c1-10-11(2)18-15(12(3)17-10)9-6-13-4-7-14(16)8-5-13/h4-9H,1-3H3. The molecular weight excluding hydrogens is 244 g/mol. The monoisotopic (exact) mass is 258 g/mol. The minimum absolute atomic E-state index is 0.745. The Kier molecular flexibility index (Phi) is 3.78. The highest BCUT2D eigenvalue weighted by atomic mass is 35.5. The Labute approximate surface area is 112 Å². The summed E-state index contributed by atoms with van der Waals surface area (Å²) in [6.07, 6.45) is 4.00. The van der Waals surface area contributed by atoms with Gasteiger partial charge in [-0.1, -0.05) is 29.8 Å². The van der Waals surface area contributed by atoms with Gasteiger partial charge in [0.1, 0.15) is 0 Å². The summed E-state index contributed by atoms with van der Waals surface area (Å²) in [5.74, 6) is 0. The second-order valence-corrected chi connectivity index (χ2v) is 4.69. The quantitative estimate of drug-likeness (QED) is 0.806. The Morgan fingerprint density at radius 2 is 1.44 bits per heavy atom. The van der Waals surface area contributed by atoms with Crippen molar-refractivity contribution in [3.05, 3.63) is 57.6 Å². The highest BCUT2D eigenvalue weighted by Crippen LogP contribution is 2.14. The molecule has 2 nitrogen and oxygen atoms in total. The van der Waals surface area contributed by atoms with Crippen molar-refractivity contribution in [2.24, 2.45) is 0 Å². The maximum atomic E-state index is 5.85. The van der Waals surface area contributed by atoms with Gasteiger partial charge in [-0.3, -0.25) is 4.98 Å². The summed E-state index contributed by atoms with van der Waals surface area (Å²) < 4.78 is 0. The fraction of sp³-hybridized carbons (Fsp3) is 0.200. The average molecular weight is 259 g/mol. The summed E-state index contributed by atoms with van der Waals surface area (Å²) in [5.41, 5.74) is 4.91. The molecule has 0 N–H and O–H groups in total. The van der Waals surface area contributed by atoms with Gasteiger partial charge >= 0.3 is 0 Å². The first-order chi connectivity index (χ1) is 8.56. The van der Waals surface area contributed by atoms with Crippen molar-refractivity contribution in [1.82, 2.24) is 9.97 Å². The summed E-state index contributed by atoms with van der Waals surface area (Å²) in [6, 6.07) is 7.70. The molecule has 2 aromatic rings. The molecule has 3 heteroatoms. The third kappa shape index (κ3) is 2.96. The van der Waals surface area contributed by atoms with Gasteiger partial charge in [0, 0.05) is 5.02 Å². The topological polar surface area (TPSA) is 25.8 Å². The van der Waals surface area contributed by atoms with Crippen LogP contribution in [0.1, 0.15) is 28.3 Å². The Bertz CT molecular complexity index is 586. The molecule has 0 aliphatic heterocycles. The first kappa shape index (κ1) is 12.8. The van der Waals surface area contributed by atoms with Gasteiger partial charge in [0.25, 0.3) is 0 Å². The number of nitrogens with zero attached hydrogens (tertiary/aromatic N) is 2. The van der Waals surface area contributed by atoms with Crippen LogP contribution in [0.15, 0.2) is 24.3 Å². The molecule has 0 amide bonds. The second kappa shape index (κ2) is 5.32. The zero-order chi connectivity index (χ0) is 13.1. The van der Waals surface area contributed by atoms with Crippen molar-refractivity contribution >= 4 is 23.8 Å². The Hall–Kier alpha value is -1.67. The van der Waals surface area contributed by atoms with E-state index in [0.717, 1.165) is 33.4 Å². The van der Waals surface area contributed by atoms with E-state index in [2.05, 4.69) is 9.97 Å². The van der Waals surface area contributed by atoms with Crippen LogP contribution in [0.3, 0.4) is 0 Å². The molecule has 0 bridgehead atoms. The lowest BCUT2D eigenvalue weighted by Gasteiger charge is -2.04. The van der Waals surface area contributed by atoms with Crippen molar-refractivity contribution in [1.29, 1.82) is 0 Å². The lowest BCUT2D eigenvalue weighted by molar-refractivity contribution is 0.991. The fourth-order valence-electron chi connectivity index (χ4n) is 1.64. The van der Waals surface area contributed by atoms with Crippen LogP contribution in [0.2, 0.25) is 5.02 Å². The third-order valence-corrected chi connectivity index (χ3v) is 3.07. The molecule has 0 saturated carbocycles. The van der Waals surface area contributed by atoms with Crippen LogP contribution in [-0.2, 0) is 0 Å². The maximum Gasteiger partial charge on any atom is 0.0845 e. The molecule has 0 fully saturated rings. The van der Waals surface area contributed by atoms with Gasteiger partial charge in [0.15, 0.2) is 0 Å². The second-order valence-electron chi connectivity index (χ2n) is 4.25. The normalized spacial score (nSPS) is 11.1. The van der Waals surface area contributed by atoms with Gasteiger partial charge in [-0.05, 0) is 44.5 Å². The van der Waals surface area contributed by atoms with Crippen molar-refractivity contribution in [3.8, 4) is 0 Å². The molecule has 1 heterocycles. The summed E-state index contributed by atoms with van der Waals surface area (Å²) in [4.78, 5) is 8.99. The minimum Gasteiger partial charge on any atom is -0.254 e. The SMILES string of the molecule is Cc1nc(C)c(C=Cc2ccc(Cl)cc2)nc1C. The van der Waals surface area contributed by atoms with E-state index in [1.54, 1.807) is 0 Å². The summed E-state index contributed by atoms with van der Waals surface area (Å²) >= 11 is 5.85. The highest BCUT2D eigenvalue weighted by Gasteiger charge is 2.01. The molecule has 0 saturated heterocycles. The van der Waals surface area contributed by atoms with Crippen LogP contribution in [0.5, 0.6) is 0 Å². The Morgan fingerprint density at radius 1 is 0.833 bits per heavy atom. The predicted octanol–water partition coefficient (Wildman–Crippen LogP) is 4.23. The number of benzene rings is 1. The zero-order valence-corrected chi connectivity index (χ0v) is 11.5. The fourth-order valence-corrected chi connectivity index (χ4v) is 1.77. The van der Waals surface area contributed by atoms with Crippen LogP contribution in [-0.4, -0.2) is 9.97 Å². The van der Waals surface area contributed by atoms with Gasteiger partial charge in [-0.15, -0.1) is 0 Å². The lowest BCUT2D eigenvalue weighted by Crippen LogP contribution is -1.98. The van der Waals surface area contributed by atoms with Gasteiger partial charge < -0.3 is 0 Å². The van der Waals surface area contributed by atoms with Crippen LogP contribution >= 0.6 is 11.6 Å². The van der Waals surface area contributed by atoms with E-state index in [9.17, 15) is 0 Å².